The van der Waals surface area contributed by atoms with Gasteiger partial charge in [0.2, 0.25) is 0 Å². The van der Waals surface area contributed by atoms with E-state index in [9.17, 15) is 0 Å². The molecule has 0 amide bonds. The molecule has 56 valence electrons. The summed E-state index contributed by atoms with van der Waals surface area (Å²) in [6.45, 7) is 1.25. The first kappa shape index (κ1) is 7.55. The zero-order chi connectivity index (χ0) is 7.23. The number of quaternary nitrogens is 1. The van der Waals surface area contributed by atoms with Crippen LogP contribution in [0.1, 0.15) is 12.8 Å². The molecule has 10 heavy (non-hydrogen) atoms. The largest absolute Gasteiger partial charge is 0.349 e. The van der Waals surface area contributed by atoms with Crippen LogP contribution in [0.5, 0.6) is 0 Å². The molecule has 0 heterocycles. The van der Waals surface area contributed by atoms with Crippen molar-refractivity contribution in [3.8, 4) is 0 Å². The molecule has 0 fully saturated rings. The highest BCUT2D eigenvalue weighted by molar-refractivity contribution is 5.10. The molecule has 0 spiro atoms. The standard InChI is InChI=1S/C9H15N/c1-10-8-7-9-5-3-2-4-6-9/h2-5,9-10H,6-8H2,1H3/p+1. The molecule has 1 heteroatoms. The molecular weight excluding hydrogens is 122 g/mol. The summed E-state index contributed by atoms with van der Waals surface area (Å²) in [5, 5.41) is 2.24. The van der Waals surface area contributed by atoms with Crippen LogP contribution in [0, 0.1) is 5.92 Å². The second-order valence-electron chi connectivity index (χ2n) is 2.79. The molecule has 0 aromatic carbocycles. The average molecular weight is 138 g/mol. The fraction of sp³-hybridized carbons (Fsp3) is 0.556. The molecule has 2 N–H and O–H groups in total. The first-order valence-electron chi connectivity index (χ1n) is 4.04. The Kier molecular flexibility index (Phi) is 3.23. The Bertz CT molecular complexity index is 136. The summed E-state index contributed by atoms with van der Waals surface area (Å²) in [7, 11) is 2.13. The molecule has 0 aliphatic heterocycles. The van der Waals surface area contributed by atoms with E-state index in [2.05, 4.69) is 36.7 Å². The van der Waals surface area contributed by atoms with Crippen molar-refractivity contribution in [2.75, 3.05) is 13.6 Å². The van der Waals surface area contributed by atoms with Gasteiger partial charge in [0.05, 0.1) is 13.6 Å². The van der Waals surface area contributed by atoms with Crippen LogP contribution >= 0.6 is 0 Å². The minimum atomic E-state index is 0.807. The smallest absolute Gasteiger partial charge is 0.0759 e. The van der Waals surface area contributed by atoms with Crippen LogP contribution in [0.3, 0.4) is 0 Å². The normalized spacial score (nSPS) is 23.5. The van der Waals surface area contributed by atoms with Crippen molar-refractivity contribution in [2.45, 2.75) is 12.8 Å². The second kappa shape index (κ2) is 4.29. The summed E-state index contributed by atoms with van der Waals surface area (Å²) < 4.78 is 0. The van der Waals surface area contributed by atoms with Crippen molar-refractivity contribution >= 4 is 0 Å². The lowest BCUT2D eigenvalue weighted by Crippen LogP contribution is -2.79. The van der Waals surface area contributed by atoms with Crippen LogP contribution in [0.25, 0.3) is 0 Å². The molecule has 1 aliphatic carbocycles. The van der Waals surface area contributed by atoms with Crippen LogP contribution in [0.15, 0.2) is 24.3 Å². The predicted molar refractivity (Wildman–Crippen MR) is 43.7 cm³/mol. The third-order valence-electron chi connectivity index (χ3n) is 1.90. The molecule has 1 nitrogen and oxygen atoms in total. The molecule has 1 atom stereocenters. The third kappa shape index (κ3) is 2.36. The Morgan fingerprint density at radius 3 is 3.00 bits per heavy atom. The number of allylic oxidation sites excluding steroid dienone is 4. The molecule has 1 aliphatic rings. The summed E-state index contributed by atoms with van der Waals surface area (Å²) in [5.74, 6) is 0.807. The van der Waals surface area contributed by atoms with E-state index in [4.69, 9.17) is 0 Å². The van der Waals surface area contributed by atoms with Gasteiger partial charge in [0.15, 0.2) is 0 Å². The summed E-state index contributed by atoms with van der Waals surface area (Å²) in [6.07, 6.45) is 11.4. The second-order valence-corrected chi connectivity index (χ2v) is 2.79. The molecule has 0 saturated heterocycles. The van der Waals surface area contributed by atoms with Gasteiger partial charge < -0.3 is 5.32 Å². The summed E-state index contributed by atoms with van der Waals surface area (Å²) in [6, 6.07) is 0. The number of rotatable bonds is 3. The van der Waals surface area contributed by atoms with E-state index in [1.165, 1.54) is 19.4 Å². The fourth-order valence-electron chi connectivity index (χ4n) is 1.23. The van der Waals surface area contributed by atoms with Gasteiger partial charge in [-0.3, -0.25) is 0 Å². The molecule has 0 aromatic heterocycles. The Hall–Kier alpha value is -0.560. The summed E-state index contributed by atoms with van der Waals surface area (Å²) in [5.41, 5.74) is 0. The summed E-state index contributed by atoms with van der Waals surface area (Å²) >= 11 is 0. The molecule has 0 aromatic rings. The Morgan fingerprint density at radius 1 is 1.50 bits per heavy atom. The fourth-order valence-corrected chi connectivity index (χ4v) is 1.23. The van der Waals surface area contributed by atoms with Gasteiger partial charge in [-0.1, -0.05) is 24.3 Å². The predicted octanol–water partition coefficient (Wildman–Crippen LogP) is 0.702. The topological polar surface area (TPSA) is 16.6 Å². The molecule has 1 rings (SSSR count). The molecule has 0 saturated carbocycles. The van der Waals surface area contributed by atoms with E-state index in [0.29, 0.717) is 0 Å². The van der Waals surface area contributed by atoms with Crippen molar-refractivity contribution in [1.82, 2.24) is 0 Å². The quantitative estimate of drug-likeness (QED) is 0.591. The van der Waals surface area contributed by atoms with Gasteiger partial charge in [-0.25, -0.2) is 0 Å². The van der Waals surface area contributed by atoms with E-state index in [0.717, 1.165) is 5.92 Å². The van der Waals surface area contributed by atoms with Crippen molar-refractivity contribution in [2.24, 2.45) is 5.92 Å². The maximum Gasteiger partial charge on any atom is 0.0759 e. The van der Waals surface area contributed by atoms with Gasteiger partial charge in [0.25, 0.3) is 0 Å². The van der Waals surface area contributed by atoms with Crippen LogP contribution < -0.4 is 5.32 Å². The Morgan fingerprint density at radius 2 is 2.40 bits per heavy atom. The van der Waals surface area contributed by atoms with Crippen molar-refractivity contribution < 1.29 is 5.32 Å². The van der Waals surface area contributed by atoms with Gasteiger partial charge >= 0.3 is 0 Å². The number of hydrogen-bond donors (Lipinski definition) is 1. The van der Waals surface area contributed by atoms with Gasteiger partial charge in [0.1, 0.15) is 0 Å². The minimum Gasteiger partial charge on any atom is -0.349 e. The zero-order valence-corrected chi connectivity index (χ0v) is 6.59. The molecule has 0 radical (unpaired) electrons. The highest BCUT2D eigenvalue weighted by atomic mass is 14.8. The van der Waals surface area contributed by atoms with E-state index in [-0.39, 0.29) is 0 Å². The lowest BCUT2D eigenvalue weighted by atomic mass is 9.97. The zero-order valence-electron chi connectivity index (χ0n) is 6.59. The molecule has 1 unspecified atom stereocenters. The Balaban J connectivity index is 2.17. The van der Waals surface area contributed by atoms with Crippen molar-refractivity contribution in [3.05, 3.63) is 24.3 Å². The van der Waals surface area contributed by atoms with Crippen LogP contribution in [-0.2, 0) is 0 Å². The monoisotopic (exact) mass is 138 g/mol. The highest BCUT2D eigenvalue weighted by Gasteiger charge is 2.03. The number of hydrogen-bond acceptors (Lipinski definition) is 0. The van der Waals surface area contributed by atoms with Crippen LogP contribution in [-0.4, -0.2) is 13.6 Å². The van der Waals surface area contributed by atoms with Gasteiger partial charge in [0, 0.05) is 6.42 Å². The lowest BCUT2D eigenvalue weighted by Gasteiger charge is -2.09. The van der Waals surface area contributed by atoms with Gasteiger partial charge in [-0.05, 0) is 12.3 Å². The first-order valence-corrected chi connectivity index (χ1v) is 4.04. The molecular formula is C9H16N+. The third-order valence-corrected chi connectivity index (χ3v) is 1.90. The van der Waals surface area contributed by atoms with Crippen LogP contribution in [0.2, 0.25) is 0 Å². The van der Waals surface area contributed by atoms with Gasteiger partial charge in [-0.2, -0.15) is 0 Å². The first-order chi connectivity index (χ1) is 4.93. The summed E-state index contributed by atoms with van der Waals surface area (Å²) in [4.78, 5) is 0. The minimum absolute atomic E-state index is 0.807. The average Bonchev–Trinajstić information content (AvgIpc) is 2.03. The van der Waals surface area contributed by atoms with E-state index < -0.39 is 0 Å². The number of nitrogens with two attached hydrogens (primary N) is 1. The maximum atomic E-state index is 2.31. The van der Waals surface area contributed by atoms with Gasteiger partial charge in [-0.15, -0.1) is 0 Å². The Labute approximate surface area is 62.8 Å². The van der Waals surface area contributed by atoms with Crippen molar-refractivity contribution in [1.29, 1.82) is 0 Å². The van der Waals surface area contributed by atoms with Crippen LogP contribution in [0.4, 0.5) is 0 Å². The van der Waals surface area contributed by atoms with E-state index >= 15 is 0 Å². The molecule has 0 bridgehead atoms. The highest BCUT2D eigenvalue weighted by Crippen LogP contribution is 2.13. The lowest BCUT2D eigenvalue weighted by molar-refractivity contribution is -0.627. The van der Waals surface area contributed by atoms with E-state index in [1.807, 2.05) is 0 Å². The van der Waals surface area contributed by atoms with E-state index in [1.54, 1.807) is 0 Å². The maximum absolute atomic E-state index is 2.31. The van der Waals surface area contributed by atoms with Crippen molar-refractivity contribution in [3.63, 3.8) is 0 Å². The SMILES string of the molecule is C[NH2+]CCC1C=CC=CC1.